The van der Waals surface area contributed by atoms with Gasteiger partial charge in [0.1, 0.15) is 5.82 Å². The fourth-order valence-electron chi connectivity index (χ4n) is 2.21. The molecule has 17 heavy (non-hydrogen) atoms. The molecule has 3 nitrogen and oxygen atoms in total. The van der Waals surface area contributed by atoms with Crippen LogP contribution in [0.1, 0.15) is 25.3 Å². The van der Waals surface area contributed by atoms with Gasteiger partial charge in [-0.2, -0.15) is 0 Å². The molecule has 1 aromatic heterocycles. The third-order valence-corrected chi connectivity index (χ3v) is 4.26. The number of pyridine rings is 1. The minimum absolute atomic E-state index is 0.348. The van der Waals surface area contributed by atoms with Gasteiger partial charge in [0, 0.05) is 23.8 Å². The largest absolute Gasteiger partial charge is 0.369 e. The molecule has 0 radical (unpaired) electrons. The van der Waals surface area contributed by atoms with Crippen molar-refractivity contribution < 1.29 is 0 Å². The van der Waals surface area contributed by atoms with Crippen molar-refractivity contribution in [2.45, 2.75) is 26.7 Å². The first-order valence-electron chi connectivity index (χ1n) is 6.16. The van der Waals surface area contributed by atoms with E-state index in [-0.39, 0.29) is 0 Å². The Hall–Kier alpha value is -0.610. The molecule has 1 aromatic rings. The first-order chi connectivity index (χ1) is 8.09. The maximum Gasteiger partial charge on any atom is 0.126 e. The van der Waals surface area contributed by atoms with Crippen LogP contribution in [-0.4, -0.2) is 24.6 Å². The van der Waals surface area contributed by atoms with Gasteiger partial charge in [0.25, 0.3) is 0 Å². The maximum absolute atomic E-state index is 4.38. The average molecular weight is 298 g/mol. The van der Waals surface area contributed by atoms with E-state index in [0.29, 0.717) is 5.41 Å². The number of rotatable bonds is 3. The highest BCUT2D eigenvalue weighted by atomic mass is 79.9. The molecule has 1 saturated heterocycles. The van der Waals surface area contributed by atoms with E-state index in [2.05, 4.69) is 51.5 Å². The van der Waals surface area contributed by atoms with Crippen molar-refractivity contribution in [1.29, 1.82) is 0 Å². The summed E-state index contributed by atoms with van der Waals surface area (Å²) < 4.78 is 1.06. The van der Waals surface area contributed by atoms with Crippen LogP contribution in [0.5, 0.6) is 0 Å². The Morgan fingerprint density at radius 3 is 3.06 bits per heavy atom. The van der Waals surface area contributed by atoms with Gasteiger partial charge in [-0.3, -0.25) is 0 Å². The van der Waals surface area contributed by atoms with Crippen molar-refractivity contribution in [3.05, 3.63) is 22.3 Å². The Morgan fingerprint density at radius 1 is 1.59 bits per heavy atom. The fourth-order valence-corrected chi connectivity index (χ4v) is 2.43. The molecule has 1 aliphatic rings. The molecule has 1 fully saturated rings. The zero-order valence-electron chi connectivity index (χ0n) is 10.5. The summed E-state index contributed by atoms with van der Waals surface area (Å²) in [7, 11) is 0. The molecular weight excluding hydrogens is 278 g/mol. The lowest BCUT2D eigenvalue weighted by Crippen LogP contribution is -2.42. The first-order valence-corrected chi connectivity index (χ1v) is 6.95. The van der Waals surface area contributed by atoms with Gasteiger partial charge in [-0.05, 0) is 59.3 Å². The molecule has 1 atom stereocenters. The fraction of sp³-hybridized carbons (Fsp3) is 0.615. The van der Waals surface area contributed by atoms with E-state index < -0.39 is 0 Å². The number of nitrogens with one attached hydrogen (secondary N) is 2. The van der Waals surface area contributed by atoms with E-state index in [1.807, 2.05) is 6.20 Å². The van der Waals surface area contributed by atoms with Crippen LogP contribution in [-0.2, 0) is 0 Å². The van der Waals surface area contributed by atoms with Crippen molar-refractivity contribution >= 4 is 21.7 Å². The summed E-state index contributed by atoms with van der Waals surface area (Å²) in [5.41, 5.74) is 1.57. The smallest absolute Gasteiger partial charge is 0.126 e. The van der Waals surface area contributed by atoms with Gasteiger partial charge in [0.15, 0.2) is 0 Å². The van der Waals surface area contributed by atoms with E-state index >= 15 is 0 Å². The number of aromatic nitrogens is 1. The third kappa shape index (κ3) is 3.42. The Labute approximate surface area is 112 Å². The molecule has 94 valence electrons. The van der Waals surface area contributed by atoms with E-state index in [9.17, 15) is 0 Å². The molecule has 2 rings (SSSR count). The Kier molecular flexibility index (Phi) is 4.05. The van der Waals surface area contributed by atoms with E-state index in [1.54, 1.807) is 0 Å². The minimum atomic E-state index is 0.348. The molecule has 1 aliphatic heterocycles. The molecule has 4 heteroatoms. The molecule has 0 saturated carbocycles. The second kappa shape index (κ2) is 5.36. The Balaban J connectivity index is 1.94. The second-order valence-electron chi connectivity index (χ2n) is 5.26. The van der Waals surface area contributed by atoms with E-state index in [4.69, 9.17) is 0 Å². The lowest BCUT2D eigenvalue weighted by molar-refractivity contribution is 0.253. The topological polar surface area (TPSA) is 37.0 Å². The number of nitrogens with zero attached hydrogens (tertiary/aromatic N) is 1. The number of halogens is 1. The lowest BCUT2D eigenvalue weighted by atomic mass is 9.83. The van der Waals surface area contributed by atoms with Gasteiger partial charge < -0.3 is 10.6 Å². The van der Waals surface area contributed by atoms with Gasteiger partial charge in [0.05, 0.1) is 0 Å². The highest BCUT2D eigenvalue weighted by Gasteiger charge is 2.26. The predicted molar refractivity (Wildman–Crippen MR) is 75.4 cm³/mol. The number of hydrogen-bond donors (Lipinski definition) is 2. The summed E-state index contributed by atoms with van der Waals surface area (Å²) in [4.78, 5) is 4.38. The highest BCUT2D eigenvalue weighted by Crippen LogP contribution is 2.26. The normalized spacial score (nSPS) is 24.6. The maximum atomic E-state index is 4.38. The van der Waals surface area contributed by atoms with Crippen LogP contribution < -0.4 is 10.6 Å². The lowest BCUT2D eigenvalue weighted by Gasteiger charge is -2.34. The van der Waals surface area contributed by atoms with Gasteiger partial charge in [-0.15, -0.1) is 0 Å². The predicted octanol–water partition coefficient (Wildman–Crippen LogP) is 2.95. The van der Waals surface area contributed by atoms with E-state index in [0.717, 1.165) is 29.9 Å². The van der Waals surface area contributed by atoms with Crippen LogP contribution in [0, 0.1) is 12.3 Å². The molecule has 0 amide bonds. The number of hydrogen-bond acceptors (Lipinski definition) is 3. The standard InChI is InChI=1S/C13H20BrN3/c1-10-6-12(16-7-11(10)14)17-9-13(2)4-3-5-15-8-13/h6-7,15H,3-5,8-9H2,1-2H3,(H,16,17). The number of aryl methyl sites for hydroxylation is 1. The summed E-state index contributed by atoms with van der Waals surface area (Å²) >= 11 is 3.47. The van der Waals surface area contributed by atoms with Crippen molar-refractivity contribution in [2.24, 2.45) is 5.41 Å². The van der Waals surface area contributed by atoms with E-state index in [1.165, 1.54) is 18.4 Å². The average Bonchev–Trinajstić information content (AvgIpc) is 2.32. The molecule has 0 spiro atoms. The van der Waals surface area contributed by atoms with Crippen LogP contribution in [0.3, 0.4) is 0 Å². The summed E-state index contributed by atoms with van der Waals surface area (Å²) in [6.07, 6.45) is 4.41. The van der Waals surface area contributed by atoms with Crippen molar-refractivity contribution in [3.63, 3.8) is 0 Å². The molecular formula is C13H20BrN3. The van der Waals surface area contributed by atoms with Crippen LogP contribution in [0.2, 0.25) is 0 Å². The molecule has 0 aliphatic carbocycles. The molecule has 2 heterocycles. The Bertz CT molecular complexity index is 386. The SMILES string of the molecule is Cc1cc(NCC2(C)CCCNC2)ncc1Br. The first kappa shape index (κ1) is 12.8. The van der Waals surface area contributed by atoms with Crippen molar-refractivity contribution in [1.82, 2.24) is 10.3 Å². The summed E-state index contributed by atoms with van der Waals surface area (Å²) in [5, 5.41) is 6.92. The quantitative estimate of drug-likeness (QED) is 0.901. The van der Waals surface area contributed by atoms with Crippen LogP contribution in [0.4, 0.5) is 5.82 Å². The molecule has 0 aromatic carbocycles. The Morgan fingerprint density at radius 2 is 2.41 bits per heavy atom. The minimum Gasteiger partial charge on any atom is -0.369 e. The summed E-state index contributed by atoms with van der Waals surface area (Å²) in [6.45, 7) is 7.65. The van der Waals surface area contributed by atoms with Gasteiger partial charge in [-0.25, -0.2) is 4.98 Å². The highest BCUT2D eigenvalue weighted by molar-refractivity contribution is 9.10. The zero-order chi connectivity index (χ0) is 12.3. The van der Waals surface area contributed by atoms with Crippen LogP contribution in [0.15, 0.2) is 16.7 Å². The third-order valence-electron chi connectivity index (χ3n) is 3.43. The summed E-state index contributed by atoms with van der Waals surface area (Å²) in [6, 6.07) is 2.09. The zero-order valence-corrected chi connectivity index (χ0v) is 12.1. The van der Waals surface area contributed by atoms with Crippen molar-refractivity contribution in [2.75, 3.05) is 25.0 Å². The van der Waals surface area contributed by atoms with Gasteiger partial charge in [-0.1, -0.05) is 6.92 Å². The summed E-state index contributed by atoms with van der Waals surface area (Å²) in [5.74, 6) is 0.970. The molecule has 1 unspecified atom stereocenters. The van der Waals surface area contributed by atoms with Crippen LogP contribution >= 0.6 is 15.9 Å². The second-order valence-corrected chi connectivity index (χ2v) is 6.12. The monoisotopic (exact) mass is 297 g/mol. The van der Waals surface area contributed by atoms with Gasteiger partial charge in [0.2, 0.25) is 0 Å². The molecule has 2 N–H and O–H groups in total. The van der Waals surface area contributed by atoms with Crippen LogP contribution in [0.25, 0.3) is 0 Å². The van der Waals surface area contributed by atoms with Gasteiger partial charge >= 0.3 is 0 Å². The van der Waals surface area contributed by atoms with Crippen molar-refractivity contribution in [3.8, 4) is 0 Å². The number of piperidine rings is 1. The number of anilines is 1. The molecule has 0 bridgehead atoms.